The summed E-state index contributed by atoms with van der Waals surface area (Å²) < 4.78 is 5.42. The molecule has 0 rings (SSSR count). The summed E-state index contributed by atoms with van der Waals surface area (Å²) in [5.74, 6) is -0.0798. The maximum atomic E-state index is 12.4. The summed E-state index contributed by atoms with van der Waals surface area (Å²) in [4.78, 5) is 24.5. The van der Waals surface area contributed by atoms with Crippen molar-refractivity contribution in [3.05, 3.63) is 36.5 Å². The third-order valence-corrected chi connectivity index (χ3v) is 13.4. The zero-order valence-electron chi connectivity index (χ0n) is 44.2. The normalized spacial score (nSPS) is 12.8. The Kier molecular flexibility index (Phi) is 54.1. The highest BCUT2D eigenvalue weighted by Gasteiger charge is 2.20. The summed E-state index contributed by atoms with van der Waals surface area (Å²) in [5, 5.41) is 23.1. The van der Waals surface area contributed by atoms with E-state index in [-0.39, 0.29) is 18.5 Å². The highest BCUT2D eigenvalue weighted by Crippen LogP contribution is 2.17. The smallest absolute Gasteiger partial charge is 0.305 e. The molecule has 3 N–H and O–H groups in total. The predicted octanol–water partition coefficient (Wildman–Crippen LogP) is 18.0. The molecule has 6 nitrogen and oxygen atoms in total. The number of ether oxygens (including phenoxy) is 1. The first-order chi connectivity index (χ1) is 32.5. The lowest BCUT2D eigenvalue weighted by Gasteiger charge is -2.22. The molecule has 0 radical (unpaired) electrons. The fourth-order valence-corrected chi connectivity index (χ4v) is 8.94. The van der Waals surface area contributed by atoms with E-state index in [1.807, 2.05) is 0 Å². The number of aliphatic hydroxyl groups is 2. The van der Waals surface area contributed by atoms with Crippen molar-refractivity contribution in [2.75, 3.05) is 13.2 Å². The van der Waals surface area contributed by atoms with E-state index < -0.39 is 12.1 Å². The fraction of sp³-hybridized carbons (Fsp3) is 0.867. The third-order valence-electron chi connectivity index (χ3n) is 13.4. The van der Waals surface area contributed by atoms with E-state index in [9.17, 15) is 19.8 Å². The number of rotatable bonds is 54. The Morgan fingerprint density at radius 1 is 0.424 bits per heavy atom. The Morgan fingerprint density at radius 3 is 1.17 bits per heavy atom. The molecule has 0 spiro atoms. The molecule has 0 aliphatic carbocycles. The Balaban J connectivity index is 3.43. The second-order valence-electron chi connectivity index (χ2n) is 20.0. The van der Waals surface area contributed by atoms with Crippen LogP contribution in [-0.4, -0.2) is 47.4 Å². The number of unbranched alkanes of at least 4 members (excludes halogenated alkanes) is 37. The van der Waals surface area contributed by atoms with Crippen LogP contribution in [-0.2, 0) is 14.3 Å². The molecule has 1 amide bonds. The van der Waals surface area contributed by atoms with Crippen LogP contribution in [0.5, 0.6) is 0 Å². The van der Waals surface area contributed by atoms with Crippen LogP contribution in [0.1, 0.15) is 309 Å². The van der Waals surface area contributed by atoms with Crippen LogP contribution >= 0.6 is 0 Å². The van der Waals surface area contributed by atoms with E-state index in [1.54, 1.807) is 0 Å². The highest BCUT2D eigenvalue weighted by atomic mass is 16.5. The van der Waals surface area contributed by atoms with Gasteiger partial charge in [-0.2, -0.15) is 0 Å². The topological polar surface area (TPSA) is 95.9 Å². The van der Waals surface area contributed by atoms with Crippen LogP contribution in [0.2, 0.25) is 0 Å². The van der Waals surface area contributed by atoms with Gasteiger partial charge in [-0.1, -0.05) is 262 Å². The van der Waals surface area contributed by atoms with Crippen LogP contribution in [0.4, 0.5) is 0 Å². The van der Waals surface area contributed by atoms with Gasteiger partial charge in [0.2, 0.25) is 5.91 Å². The number of hydrogen-bond acceptors (Lipinski definition) is 5. The molecule has 0 saturated carbocycles. The van der Waals surface area contributed by atoms with Gasteiger partial charge in [0, 0.05) is 12.8 Å². The summed E-state index contributed by atoms with van der Waals surface area (Å²) in [7, 11) is 0. The van der Waals surface area contributed by atoms with Gasteiger partial charge in [-0.3, -0.25) is 9.59 Å². The van der Waals surface area contributed by atoms with Crippen molar-refractivity contribution in [1.29, 1.82) is 0 Å². The summed E-state index contributed by atoms with van der Waals surface area (Å²) in [6.07, 6.45) is 68.8. The zero-order valence-corrected chi connectivity index (χ0v) is 44.2. The molecular formula is C60H113NO5. The van der Waals surface area contributed by atoms with Gasteiger partial charge in [-0.25, -0.2) is 0 Å². The molecule has 6 heteroatoms. The maximum Gasteiger partial charge on any atom is 0.305 e. The lowest BCUT2D eigenvalue weighted by Crippen LogP contribution is -2.45. The SMILES string of the molecule is CCCCCCCCC/C=C\CCCCCCCCCC(=O)OCC/C=C\C/C=C\CCCCCCCCCCCCCCCCC(=O)NC(CO)C(O)CCCCCCCCCCCC. The Hall–Kier alpha value is -1.92. The Morgan fingerprint density at radius 2 is 0.758 bits per heavy atom. The molecule has 2 atom stereocenters. The average Bonchev–Trinajstić information content (AvgIpc) is 3.32. The zero-order chi connectivity index (χ0) is 47.9. The van der Waals surface area contributed by atoms with Crippen molar-refractivity contribution in [2.24, 2.45) is 0 Å². The molecule has 0 fully saturated rings. The van der Waals surface area contributed by atoms with Gasteiger partial charge < -0.3 is 20.3 Å². The van der Waals surface area contributed by atoms with E-state index in [0.717, 1.165) is 51.4 Å². The van der Waals surface area contributed by atoms with Gasteiger partial charge in [-0.05, 0) is 70.6 Å². The van der Waals surface area contributed by atoms with Crippen LogP contribution in [0.25, 0.3) is 0 Å². The number of hydrogen-bond donors (Lipinski definition) is 3. The molecule has 0 aliphatic rings. The second kappa shape index (κ2) is 55.7. The number of nitrogens with one attached hydrogen (secondary N) is 1. The Labute approximate surface area is 411 Å². The molecule has 0 saturated heterocycles. The van der Waals surface area contributed by atoms with Crippen molar-refractivity contribution in [2.45, 2.75) is 321 Å². The van der Waals surface area contributed by atoms with Gasteiger partial charge in [0.05, 0.1) is 25.4 Å². The summed E-state index contributed by atoms with van der Waals surface area (Å²) in [5.41, 5.74) is 0. The average molecular weight is 929 g/mol. The van der Waals surface area contributed by atoms with Gasteiger partial charge in [-0.15, -0.1) is 0 Å². The standard InChI is InChI=1S/C60H113NO5/c1-3-5-7-9-11-13-15-16-17-18-25-28-31-34-38-42-46-50-54-60(65)66-55-51-47-43-39-35-32-29-26-23-21-19-20-22-24-27-30-33-37-41-45-49-53-59(64)61-57(56-62)58(63)52-48-44-40-36-14-12-10-8-6-4-2/h17-18,32,35,43,47,57-58,62-63H,3-16,19-31,33-34,36-42,44-46,48-56H2,1-2H3,(H,61,64)/b18-17-,35-32-,47-43-. The van der Waals surface area contributed by atoms with Crippen LogP contribution in [0, 0.1) is 0 Å². The quantitative estimate of drug-likeness (QED) is 0.0321. The summed E-state index contributed by atoms with van der Waals surface area (Å²) in [6, 6.07) is -0.544. The number of amides is 1. The summed E-state index contributed by atoms with van der Waals surface area (Å²) in [6.45, 7) is 4.83. The number of esters is 1. The van der Waals surface area contributed by atoms with Crippen molar-refractivity contribution in [1.82, 2.24) is 5.32 Å². The lowest BCUT2D eigenvalue weighted by atomic mass is 10.0. The first-order valence-electron chi connectivity index (χ1n) is 29.2. The van der Waals surface area contributed by atoms with Crippen molar-refractivity contribution >= 4 is 11.9 Å². The molecule has 66 heavy (non-hydrogen) atoms. The number of carbonyl (C=O) groups excluding carboxylic acids is 2. The molecule has 0 aliphatic heterocycles. The monoisotopic (exact) mass is 928 g/mol. The molecule has 388 valence electrons. The van der Waals surface area contributed by atoms with E-state index in [2.05, 4.69) is 55.6 Å². The molecule has 0 aromatic heterocycles. The van der Waals surface area contributed by atoms with Crippen LogP contribution < -0.4 is 5.32 Å². The van der Waals surface area contributed by atoms with Gasteiger partial charge >= 0.3 is 5.97 Å². The number of allylic oxidation sites excluding steroid dienone is 5. The van der Waals surface area contributed by atoms with Crippen molar-refractivity contribution in [3.63, 3.8) is 0 Å². The van der Waals surface area contributed by atoms with E-state index in [4.69, 9.17) is 4.74 Å². The van der Waals surface area contributed by atoms with E-state index in [0.29, 0.717) is 25.9 Å². The molecular weight excluding hydrogens is 815 g/mol. The minimum Gasteiger partial charge on any atom is -0.465 e. The van der Waals surface area contributed by atoms with Gasteiger partial charge in [0.25, 0.3) is 0 Å². The lowest BCUT2D eigenvalue weighted by molar-refractivity contribution is -0.143. The van der Waals surface area contributed by atoms with Crippen LogP contribution in [0.15, 0.2) is 36.5 Å². The third kappa shape index (κ3) is 51.5. The molecule has 0 aromatic rings. The second-order valence-corrected chi connectivity index (χ2v) is 20.0. The largest absolute Gasteiger partial charge is 0.465 e. The predicted molar refractivity (Wildman–Crippen MR) is 287 cm³/mol. The Bertz CT molecular complexity index is 1070. The van der Waals surface area contributed by atoms with Gasteiger partial charge in [0.1, 0.15) is 0 Å². The van der Waals surface area contributed by atoms with E-state index >= 15 is 0 Å². The summed E-state index contributed by atoms with van der Waals surface area (Å²) >= 11 is 0. The number of carbonyl (C=O) groups is 2. The molecule has 0 bridgehead atoms. The van der Waals surface area contributed by atoms with Crippen LogP contribution in [0.3, 0.4) is 0 Å². The number of aliphatic hydroxyl groups excluding tert-OH is 2. The first kappa shape index (κ1) is 64.1. The maximum absolute atomic E-state index is 12.4. The molecule has 2 unspecified atom stereocenters. The fourth-order valence-electron chi connectivity index (χ4n) is 8.94. The first-order valence-corrected chi connectivity index (χ1v) is 29.2. The van der Waals surface area contributed by atoms with Crippen molar-refractivity contribution < 1.29 is 24.5 Å². The highest BCUT2D eigenvalue weighted by molar-refractivity contribution is 5.76. The minimum atomic E-state index is -0.666. The minimum absolute atomic E-state index is 0.0383. The van der Waals surface area contributed by atoms with Gasteiger partial charge in [0.15, 0.2) is 0 Å². The molecule has 0 heterocycles. The van der Waals surface area contributed by atoms with E-state index in [1.165, 1.54) is 225 Å². The van der Waals surface area contributed by atoms with Crippen molar-refractivity contribution in [3.8, 4) is 0 Å². The molecule has 0 aromatic carbocycles.